The first-order valence-electron chi connectivity index (χ1n) is 9.95. The molecule has 0 N–H and O–H groups in total. The van der Waals surface area contributed by atoms with Crippen molar-refractivity contribution in [2.24, 2.45) is 0 Å². The van der Waals surface area contributed by atoms with Crippen LogP contribution in [-0.2, 0) is 18.3 Å². The fourth-order valence-corrected chi connectivity index (χ4v) is 5.52. The van der Waals surface area contributed by atoms with Gasteiger partial charge in [0.2, 0.25) is 0 Å². The lowest BCUT2D eigenvalue weighted by atomic mass is 9.86. The Labute approximate surface area is 165 Å². The molecule has 1 aliphatic carbocycles. The van der Waals surface area contributed by atoms with Gasteiger partial charge in [0, 0.05) is 27.2 Å². The molecule has 0 radical (unpaired) electrons. The van der Waals surface area contributed by atoms with E-state index in [0.29, 0.717) is 0 Å². The van der Waals surface area contributed by atoms with Gasteiger partial charge in [-0.15, -0.1) is 11.3 Å². The smallest absolute Gasteiger partial charge is 0.0880 e. The molecule has 2 heteroatoms. The van der Waals surface area contributed by atoms with Gasteiger partial charge in [0.05, 0.1) is 10.4 Å². The molecule has 0 saturated carbocycles. The fraction of sp³-hybridized carbons (Fsp3) is 0.320. The summed E-state index contributed by atoms with van der Waals surface area (Å²) in [6.07, 6.45) is 7.10. The number of nitrogens with zero attached hydrogens (tertiary/aromatic N) is 1. The van der Waals surface area contributed by atoms with Crippen molar-refractivity contribution in [3.05, 3.63) is 65.4 Å². The van der Waals surface area contributed by atoms with Crippen LogP contribution in [0, 0.1) is 0 Å². The van der Waals surface area contributed by atoms with E-state index in [2.05, 4.69) is 63.2 Å². The lowest BCUT2D eigenvalue weighted by Crippen LogP contribution is -2.10. The zero-order chi connectivity index (χ0) is 18.6. The van der Waals surface area contributed by atoms with Gasteiger partial charge in [-0.1, -0.05) is 45.0 Å². The number of rotatable bonds is 1. The monoisotopic (exact) mass is 371 g/mol. The molecule has 0 bridgehead atoms. The molecule has 0 atom stereocenters. The summed E-state index contributed by atoms with van der Waals surface area (Å²) in [5.74, 6) is 0. The molecule has 4 aromatic rings. The second-order valence-electron chi connectivity index (χ2n) is 8.79. The van der Waals surface area contributed by atoms with E-state index in [4.69, 9.17) is 4.98 Å². The molecule has 0 spiro atoms. The van der Waals surface area contributed by atoms with Gasteiger partial charge in [-0.05, 0) is 66.0 Å². The molecule has 27 heavy (non-hydrogen) atoms. The average molecular weight is 372 g/mol. The first kappa shape index (κ1) is 16.9. The SMILES string of the molecule is CC(C)(C)c1ccc(-c2nccc3c2sc2cc4c(cc23)CCCC4)cc1. The first-order chi connectivity index (χ1) is 13.0. The molecule has 0 aliphatic heterocycles. The Morgan fingerprint density at radius 1 is 0.852 bits per heavy atom. The van der Waals surface area contributed by atoms with Gasteiger partial charge in [0.15, 0.2) is 0 Å². The quantitative estimate of drug-likeness (QED) is 0.342. The molecule has 2 aromatic carbocycles. The number of benzene rings is 2. The van der Waals surface area contributed by atoms with Crippen LogP contribution in [0.3, 0.4) is 0 Å². The molecular weight excluding hydrogens is 346 g/mol. The van der Waals surface area contributed by atoms with Crippen molar-refractivity contribution >= 4 is 31.5 Å². The van der Waals surface area contributed by atoms with E-state index in [1.54, 1.807) is 11.1 Å². The second-order valence-corrected chi connectivity index (χ2v) is 9.84. The summed E-state index contributed by atoms with van der Waals surface area (Å²) in [6, 6.07) is 16.1. The first-order valence-corrected chi connectivity index (χ1v) is 10.8. The van der Waals surface area contributed by atoms with Crippen molar-refractivity contribution < 1.29 is 0 Å². The minimum atomic E-state index is 0.175. The Kier molecular flexibility index (Phi) is 3.87. The highest BCUT2D eigenvalue weighted by molar-refractivity contribution is 7.26. The number of fused-ring (bicyclic) bond motifs is 4. The number of aryl methyl sites for hydroxylation is 2. The largest absolute Gasteiger partial charge is 0.255 e. The molecule has 2 aromatic heterocycles. The van der Waals surface area contributed by atoms with Gasteiger partial charge in [0.1, 0.15) is 0 Å². The summed E-state index contributed by atoms with van der Waals surface area (Å²) < 4.78 is 2.73. The second kappa shape index (κ2) is 6.17. The van der Waals surface area contributed by atoms with Crippen molar-refractivity contribution in [1.29, 1.82) is 0 Å². The number of pyridine rings is 1. The molecule has 1 nitrogen and oxygen atoms in total. The Morgan fingerprint density at radius 2 is 1.56 bits per heavy atom. The van der Waals surface area contributed by atoms with Gasteiger partial charge in [-0.2, -0.15) is 0 Å². The summed E-state index contributed by atoms with van der Waals surface area (Å²) in [4.78, 5) is 4.77. The number of hydrogen-bond donors (Lipinski definition) is 0. The van der Waals surface area contributed by atoms with E-state index in [9.17, 15) is 0 Å². The Hall–Kier alpha value is -2.19. The Morgan fingerprint density at radius 3 is 2.26 bits per heavy atom. The van der Waals surface area contributed by atoms with Crippen LogP contribution in [0.25, 0.3) is 31.4 Å². The summed E-state index contributed by atoms with van der Waals surface area (Å²) in [5.41, 5.74) is 6.99. The topological polar surface area (TPSA) is 12.9 Å². The van der Waals surface area contributed by atoms with Crippen LogP contribution >= 0.6 is 11.3 Å². The third-order valence-corrected chi connectivity index (χ3v) is 7.05. The minimum Gasteiger partial charge on any atom is -0.255 e. The molecule has 0 amide bonds. The molecule has 5 rings (SSSR count). The lowest BCUT2D eigenvalue weighted by Gasteiger charge is -2.19. The van der Waals surface area contributed by atoms with Crippen LogP contribution in [0.4, 0.5) is 0 Å². The van der Waals surface area contributed by atoms with E-state index in [1.165, 1.54) is 57.0 Å². The molecule has 136 valence electrons. The molecule has 1 aliphatic rings. The van der Waals surface area contributed by atoms with E-state index in [0.717, 1.165) is 5.69 Å². The third kappa shape index (κ3) is 2.87. The summed E-state index contributed by atoms with van der Waals surface area (Å²) in [5, 5.41) is 2.76. The van der Waals surface area contributed by atoms with E-state index in [1.807, 2.05) is 17.5 Å². The Balaban J connectivity index is 1.69. The van der Waals surface area contributed by atoms with Crippen molar-refractivity contribution in [1.82, 2.24) is 4.98 Å². The fourth-order valence-electron chi connectivity index (χ4n) is 4.27. The third-order valence-electron chi connectivity index (χ3n) is 5.88. The van der Waals surface area contributed by atoms with Gasteiger partial charge >= 0.3 is 0 Å². The van der Waals surface area contributed by atoms with Gasteiger partial charge in [-0.3, -0.25) is 4.98 Å². The number of thiophene rings is 1. The summed E-state index contributed by atoms with van der Waals surface area (Å²) in [6.45, 7) is 6.78. The maximum atomic E-state index is 4.77. The molecule has 2 heterocycles. The van der Waals surface area contributed by atoms with Crippen LogP contribution in [-0.4, -0.2) is 4.98 Å². The van der Waals surface area contributed by atoms with Crippen molar-refractivity contribution in [2.75, 3.05) is 0 Å². The number of aromatic nitrogens is 1. The summed E-state index contributed by atoms with van der Waals surface area (Å²) in [7, 11) is 0. The molecule has 0 fully saturated rings. The van der Waals surface area contributed by atoms with Gasteiger partial charge in [-0.25, -0.2) is 0 Å². The molecule has 0 saturated heterocycles. The van der Waals surface area contributed by atoms with Crippen LogP contribution in [0.15, 0.2) is 48.7 Å². The standard InChI is InChI=1S/C25H25NS/c1-25(2,3)19-10-8-16(9-11-19)23-24-20(12-13-26-23)21-14-17-6-4-5-7-18(17)15-22(21)27-24/h8-15H,4-7H2,1-3H3. The normalized spacial score (nSPS) is 14.6. The van der Waals surface area contributed by atoms with Gasteiger partial charge in [0.25, 0.3) is 0 Å². The van der Waals surface area contributed by atoms with E-state index < -0.39 is 0 Å². The zero-order valence-corrected chi connectivity index (χ0v) is 17.1. The zero-order valence-electron chi connectivity index (χ0n) is 16.3. The minimum absolute atomic E-state index is 0.175. The average Bonchev–Trinajstić information content (AvgIpc) is 3.03. The maximum absolute atomic E-state index is 4.77. The summed E-state index contributed by atoms with van der Waals surface area (Å²) >= 11 is 1.90. The maximum Gasteiger partial charge on any atom is 0.0880 e. The predicted molar refractivity (Wildman–Crippen MR) is 118 cm³/mol. The highest BCUT2D eigenvalue weighted by Gasteiger charge is 2.17. The van der Waals surface area contributed by atoms with Crippen molar-refractivity contribution in [2.45, 2.75) is 51.9 Å². The highest BCUT2D eigenvalue weighted by atomic mass is 32.1. The van der Waals surface area contributed by atoms with Gasteiger partial charge < -0.3 is 0 Å². The van der Waals surface area contributed by atoms with Crippen molar-refractivity contribution in [3.8, 4) is 11.3 Å². The molecule has 0 unspecified atom stereocenters. The van der Waals surface area contributed by atoms with Crippen LogP contribution in [0.5, 0.6) is 0 Å². The van der Waals surface area contributed by atoms with Crippen LogP contribution < -0.4 is 0 Å². The number of hydrogen-bond acceptors (Lipinski definition) is 2. The molecular formula is C25H25NS. The van der Waals surface area contributed by atoms with Crippen LogP contribution in [0.2, 0.25) is 0 Å². The van der Waals surface area contributed by atoms with E-state index >= 15 is 0 Å². The predicted octanol–water partition coefficient (Wildman–Crippen LogP) is 7.29. The van der Waals surface area contributed by atoms with E-state index in [-0.39, 0.29) is 5.41 Å². The van der Waals surface area contributed by atoms with Crippen LogP contribution in [0.1, 0.15) is 50.3 Å². The van der Waals surface area contributed by atoms with Crippen molar-refractivity contribution in [3.63, 3.8) is 0 Å². The Bertz CT molecular complexity index is 1140. The lowest BCUT2D eigenvalue weighted by molar-refractivity contribution is 0.590. The highest BCUT2D eigenvalue weighted by Crippen LogP contribution is 2.41.